The molecule has 0 radical (unpaired) electrons. The zero-order valence-corrected chi connectivity index (χ0v) is 14.7. The van der Waals surface area contributed by atoms with E-state index in [-0.39, 0.29) is 23.8 Å². The second kappa shape index (κ2) is 9.87. The Morgan fingerprint density at radius 2 is 2.17 bits per heavy atom. The molecule has 0 aliphatic carbocycles. The first-order valence-corrected chi connectivity index (χ1v) is 8.52. The number of alkyl halides is 2. The van der Waals surface area contributed by atoms with Gasteiger partial charge in [0.05, 0.1) is 16.4 Å². The van der Waals surface area contributed by atoms with E-state index < -0.39 is 23.9 Å². The van der Waals surface area contributed by atoms with Crippen molar-refractivity contribution in [2.24, 2.45) is 5.73 Å². The number of carbonyl (C=O) groups excluding carboxylic acids is 1. The molecule has 1 aromatic carbocycles. The van der Waals surface area contributed by atoms with Gasteiger partial charge in [-0.15, -0.1) is 35.5 Å². The summed E-state index contributed by atoms with van der Waals surface area (Å²) in [7, 11) is 0. The Balaban J connectivity index is 0.00000288. The van der Waals surface area contributed by atoms with Crippen LogP contribution < -0.4 is 11.1 Å². The quantitative estimate of drug-likeness (QED) is 0.697. The molecule has 0 spiro atoms. The number of aromatic nitrogens is 1. The lowest BCUT2D eigenvalue weighted by Gasteiger charge is -2.10. The number of halogens is 4. The Labute approximate surface area is 151 Å². The number of hydrogen-bond donors (Lipinski definition) is 2. The van der Waals surface area contributed by atoms with Crippen molar-refractivity contribution >= 4 is 47.1 Å². The Hall–Kier alpha value is -1.29. The molecule has 10 heteroatoms. The summed E-state index contributed by atoms with van der Waals surface area (Å²) < 4.78 is 38.0. The highest BCUT2D eigenvalue weighted by molar-refractivity contribution is 7.99. The molecule has 0 aliphatic heterocycles. The summed E-state index contributed by atoms with van der Waals surface area (Å²) in [5.74, 6) is -1.52. The number of nitrogens with one attached hydrogen (secondary N) is 1. The highest BCUT2D eigenvalue weighted by Gasteiger charge is 2.15. The van der Waals surface area contributed by atoms with Crippen LogP contribution in [-0.2, 0) is 6.42 Å². The van der Waals surface area contributed by atoms with Gasteiger partial charge in [0.15, 0.2) is 0 Å². The van der Waals surface area contributed by atoms with Crippen LogP contribution in [0.25, 0.3) is 0 Å². The van der Waals surface area contributed by atoms with E-state index in [0.717, 1.165) is 28.9 Å². The average molecular weight is 398 g/mol. The summed E-state index contributed by atoms with van der Waals surface area (Å²) in [4.78, 5) is 16.7. The fourth-order valence-corrected chi connectivity index (χ4v) is 3.25. The number of benzene rings is 1. The van der Waals surface area contributed by atoms with E-state index in [1.165, 1.54) is 17.4 Å². The van der Waals surface area contributed by atoms with Crippen LogP contribution >= 0.6 is 35.5 Å². The third-order valence-electron chi connectivity index (χ3n) is 2.70. The van der Waals surface area contributed by atoms with Crippen molar-refractivity contribution < 1.29 is 18.0 Å². The van der Waals surface area contributed by atoms with Crippen molar-refractivity contribution in [1.29, 1.82) is 0 Å². The molecule has 1 amide bonds. The second-order valence-electron chi connectivity index (χ2n) is 4.46. The number of rotatable bonds is 7. The van der Waals surface area contributed by atoms with Gasteiger partial charge in [0.1, 0.15) is 11.5 Å². The maximum Gasteiger partial charge on any atom is 0.275 e. The van der Waals surface area contributed by atoms with Gasteiger partial charge in [-0.25, -0.2) is 18.2 Å². The molecular formula is C14H15ClF3N3OS2. The molecule has 3 N–H and O–H groups in total. The van der Waals surface area contributed by atoms with Crippen LogP contribution in [0.4, 0.5) is 18.9 Å². The molecule has 2 rings (SSSR count). The van der Waals surface area contributed by atoms with Gasteiger partial charge in [0.2, 0.25) is 6.43 Å². The standard InChI is InChI=1S/C14H14F3N3OS2.ClH/c15-8-1-2-11(22-7-12(16)17)9(5-8)20-14(21)10-6-23-13(19-10)3-4-18;/h1-2,5-6,12H,3-4,7,18H2,(H,20,21);1H. The average Bonchev–Trinajstić information content (AvgIpc) is 2.95. The normalized spacial score (nSPS) is 10.5. The molecule has 0 unspecified atom stereocenters. The van der Waals surface area contributed by atoms with E-state index in [0.29, 0.717) is 17.9 Å². The predicted molar refractivity (Wildman–Crippen MR) is 93.2 cm³/mol. The van der Waals surface area contributed by atoms with Crippen molar-refractivity contribution in [3.8, 4) is 0 Å². The first kappa shape index (κ1) is 20.8. The van der Waals surface area contributed by atoms with Crippen LogP contribution in [0.15, 0.2) is 28.5 Å². The number of carbonyl (C=O) groups is 1. The van der Waals surface area contributed by atoms with E-state index >= 15 is 0 Å². The van der Waals surface area contributed by atoms with Gasteiger partial charge < -0.3 is 11.1 Å². The van der Waals surface area contributed by atoms with Gasteiger partial charge >= 0.3 is 0 Å². The maximum atomic E-state index is 13.4. The summed E-state index contributed by atoms with van der Waals surface area (Å²) in [6, 6.07) is 3.61. The molecule has 24 heavy (non-hydrogen) atoms. The largest absolute Gasteiger partial charge is 0.330 e. The maximum absolute atomic E-state index is 13.4. The molecular weight excluding hydrogens is 383 g/mol. The summed E-state index contributed by atoms with van der Waals surface area (Å²) in [6.07, 6.45) is -1.93. The lowest BCUT2D eigenvalue weighted by atomic mass is 10.3. The Bertz CT molecular complexity index is 685. The minimum absolute atomic E-state index is 0. The Morgan fingerprint density at radius 1 is 1.42 bits per heavy atom. The molecule has 0 saturated carbocycles. The molecule has 0 fully saturated rings. The van der Waals surface area contributed by atoms with Crippen molar-refractivity contribution in [2.45, 2.75) is 17.7 Å². The lowest BCUT2D eigenvalue weighted by Crippen LogP contribution is -2.14. The zero-order chi connectivity index (χ0) is 16.8. The molecule has 0 aliphatic rings. The number of amides is 1. The highest BCUT2D eigenvalue weighted by atomic mass is 35.5. The molecule has 4 nitrogen and oxygen atoms in total. The molecule has 0 saturated heterocycles. The Morgan fingerprint density at radius 3 is 2.83 bits per heavy atom. The number of hydrogen-bond acceptors (Lipinski definition) is 5. The smallest absolute Gasteiger partial charge is 0.275 e. The highest BCUT2D eigenvalue weighted by Crippen LogP contribution is 2.29. The second-order valence-corrected chi connectivity index (χ2v) is 6.47. The molecule has 1 heterocycles. The van der Waals surface area contributed by atoms with E-state index in [1.54, 1.807) is 5.38 Å². The van der Waals surface area contributed by atoms with Crippen molar-refractivity contribution in [1.82, 2.24) is 4.98 Å². The SMILES string of the molecule is Cl.NCCc1nc(C(=O)Nc2cc(F)ccc2SCC(F)F)cs1. The van der Waals surface area contributed by atoms with Gasteiger partial charge in [-0.05, 0) is 24.7 Å². The van der Waals surface area contributed by atoms with E-state index in [2.05, 4.69) is 10.3 Å². The van der Waals surface area contributed by atoms with Crippen LogP contribution in [0.3, 0.4) is 0 Å². The number of anilines is 1. The van der Waals surface area contributed by atoms with Gasteiger partial charge in [0, 0.05) is 16.7 Å². The Kier molecular flexibility index (Phi) is 8.54. The van der Waals surface area contributed by atoms with Crippen LogP contribution in [-0.4, -0.2) is 29.6 Å². The molecule has 132 valence electrons. The summed E-state index contributed by atoms with van der Waals surface area (Å²) in [5, 5.41) is 4.82. The van der Waals surface area contributed by atoms with Crippen LogP contribution in [0, 0.1) is 5.82 Å². The summed E-state index contributed by atoms with van der Waals surface area (Å²) in [6.45, 7) is 0.423. The first-order valence-electron chi connectivity index (χ1n) is 6.66. The number of thioether (sulfide) groups is 1. The van der Waals surface area contributed by atoms with E-state index in [1.807, 2.05) is 0 Å². The summed E-state index contributed by atoms with van der Waals surface area (Å²) in [5.41, 5.74) is 5.76. The van der Waals surface area contributed by atoms with Gasteiger partial charge in [-0.3, -0.25) is 4.79 Å². The molecule has 0 atom stereocenters. The van der Waals surface area contributed by atoms with Crippen LogP contribution in [0.5, 0.6) is 0 Å². The summed E-state index contributed by atoms with van der Waals surface area (Å²) >= 11 is 2.15. The third kappa shape index (κ3) is 5.97. The van der Waals surface area contributed by atoms with E-state index in [4.69, 9.17) is 5.73 Å². The minimum atomic E-state index is -2.49. The van der Waals surface area contributed by atoms with Gasteiger partial charge in [-0.2, -0.15) is 0 Å². The number of nitrogens with two attached hydrogens (primary N) is 1. The fourth-order valence-electron chi connectivity index (χ4n) is 1.72. The van der Waals surface area contributed by atoms with Gasteiger partial charge in [0.25, 0.3) is 5.91 Å². The van der Waals surface area contributed by atoms with Gasteiger partial charge in [-0.1, -0.05) is 0 Å². The third-order valence-corrected chi connectivity index (χ3v) is 4.69. The van der Waals surface area contributed by atoms with Crippen molar-refractivity contribution in [2.75, 3.05) is 17.6 Å². The predicted octanol–water partition coefficient (Wildman–Crippen LogP) is 3.81. The van der Waals surface area contributed by atoms with Crippen LogP contribution in [0.1, 0.15) is 15.5 Å². The molecule has 1 aromatic heterocycles. The monoisotopic (exact) mass is 397 g/mol. The topological polar surface area (TPSA) is 68.0 Å². The van der Waals surface area contributed by atoms with E-state index in [9.17, 15) is 18.0 Å². The first-order chi connectivity index (χ1) is 11.0. The number of nitrogens with zero attached hydrogens (tertiary/aromatic N) is 1. The molecule has 0 bridgehead atoms. The van der Waals surface area contributed by atoms with Crippen LogP contribution in [0.2, 0.25) is 0 Å². The van der Waals surface area contributed by atoms with Crippen molar-refractivity contribution in [3.05, 3.63) is 40.1 Å². The lowest BCUT2D eigenvalue weighted by molar-refractivity contribution is 0.102. The zero-order valence-electron chi connectivity index (χ0n) is 12.3. The molecule has 2 aromatic rings. The minimum Gasteiger partial charge on any atom is -0.330 e. The number of thiazole rings is 1. The van der Waals surface area contributed by atoms with Crippen molar-refractivity contribution in [3.63, 3.8) is 0 Å². The fraction of sp³-hybridized carbons (Fsp3) is 0.286.